The third-order valence-electron chi connectivity index (χ3n) is 3.84. The molecule has 0 unspecified atom stereocenters. The fourth-order valence-corrected chi connectivity index (χ4v) is 3.55. The summed E-state index contributed by atoms with van der Waals surface area (Å²) in [5, 5.41) is 14.3. The number of carbonyl (C=O) groups is 1. The van der Waals surface area contributed by atoms with Crippen LogP contribution in [0, 0.1) is 6.92 Å². The number of carboxylic acids is 1. The lowest BCUT2D eigenvalue weighted by atomic mass is 9.95. The molecular formula is C15H14BrClN2O2. The van der Waals surface area contributed by atoms with Crippen LogP contribution in [-0.2, 0) is 12.8 Å². The molecule has 1 heterocycles. The third kappa shape index (κ3) is 2.49. The molecule has 1 aliphatic rings. The van der Waals surface area contributed by atoms with E-state index in [9.17, 15) is 9.90 Å². The Morgan fingerprint density at radius 3 is 2.81 bits per heavy atom. The number of nitrogens with zero attached hydrogens (tertiary/aromatic N) is 2. The molecule has 0 spiro atoms. The van der Waals surface area contributed by atoms with Crippen LogP contribution in [-0.4, -0.2) is 20.9 Å². The topological polar surface area (TPSA) is 55.1 Å². The first-order chi connectivity index (χ1) is 9.99. The average Bonchev–Trinajstić information content (AvgIpc) is 2.82. The van der Waals surface area contributed by atoms with Crippen molar-refractivity contribution >= 4 is 33.5 Å². The number of aromatic nitrogens is 2. The van der Waals surface area contributed by atoms with Gasteiger partial charge >= 0.3 is 5.97 Å². The normalized spacial score (nSPS) is 14.0. The van der Waals surface area contributed by atoms with Crippen LogP contribution >= 0.6 is 27.5 Å². The predicted octanol–water partition coefficient (Wildman–Crippen LogP) is 4.17. The van der Waals surface area contributed by atoms with Crippen LogP contribution in [0.25, 0.3) is 5.69 Å². The summed E-state index contributed by atoms with van der Waals surface area (Å²) in [5.41, 5.74) is 3.76. The number of benzene rings is 1. The molecule has 0 radical (unpaired) electrons. The van der Waals surface area contributed by atoms with E-state index >= 15 is 0 Å². The molecule has 3 rings (SSSR count). The highest BCUT2D eigenvalue weighted by Gasteiger charge is 2.26. The zero-order valence-electron chi connectivity index (χ0n) is 11.5. The highest BCUT2D eigenvalue weighted by molar-refractivity contribution is 9.10. The van der Waals surface area contributed by atoms with Crippen molar-refractivity contribution in [2.24, 2.45) is 0 Å². The van der Waals surface area contributed by atoms with E-state index in [1.54, 1.807) is 4.68 Å². The van der Waals surface area contributed by atoms with Gasteiger partial charge in [-0.2, -0.15) is 5.10 Å². The van der Waals surface area contributed by atoms with E-state index in [2.05, 4.69) is 21.0 Å². The minimum absolute atomic E-state index is 0.160. The van der Waals surface area contributed by atoms with Crippen LogP contribution in [0.15, 0.2) is 16.6 Å². The summed E-state index contributed by atoms with van der Waals surface area (Å²) in [6.07, 6.45) is 3.67. The van der Waals surface area contributed by atoms with E-state index in [-0.39, 0.29) is 5.69 Å². The molecule has 1 N–H and O–H groups in total. The molecular weight excluding hydrogens is 356 g/mol. The Bertz CT molecular complexity index is 740. The first-order valence-corrected chi connectivity index (χ1v) is 7.96. The van der Waals surface area contributed by atoms with Crippen molar-refractivity contribution in [2.45, 2.75) is 32.6 Å². The number of rotatable bonds is 2. The van der Waals surface area contributed by atoms with Gasteiger partial charge in [-0.15, -0.1) is 0 Å². The van der Waals surface area contributed by atoms with E-state index in [0.29, 0.717) is 5.02 Å². The Kier molecular flexibility index (Phi) is 3.80. The highest BCUT2D eigenvalue weighted by Crippen LogP contribution is 2.32. The molecule has 4 nitrogen and oxygen atoms in total. The van der Waals surface area contributed by atoms with Crippen molar-refractivity contribution in [1.82, 2.24) is 9.78 Å². The maximum Gasteiger partial charge on any atom is 0.356 e. The number of aryl methyl sites for hydroxylation is 1. The number of hydrogen-bond acceptors (Lipinski definition) is 2. The van der Waals surface area contributed by atoms with E-state index in [0.717, 1.165) is 52.7 Å². The maximum atomic E-state index is 11.4. The molecule has 0 saturated heterocycles. The molecule has 0 fully saturated rings. The summed E-state index contributed by atoms with van der Waals surface area (Å²) >= 11 is 9.74. The third-order valence-corrected chi connectivity index (χ3v) is 4.88. The van der Waals surface area contributed by atoms with Crippen LogP contribution in [0.5, 0.6) is 0 Å². The molecule has 6 heteroatoms. The van der Waals surface area contributed by atoms with Gasteiger partial charge in [-0.05, 0) is 66.2 Å². The second kappa shape index (κ2) is 5.46. The number of hydrogen-bond donors (Lipinski definition) is 1. The molecule has 0 amide bonds. The van der Waals surface area contributed by atoms with Gasteiger partial charge in [-0.3, -0.25) is 0 Å². The molecule has 2 aromatic rings. The van der Waals surface area contributed by atoms with Crippen LogP contribution < -0.4 is 0 Å². The van der Waals surface area contributed by atoms with Crippen molar-refractivity contribution in [2.75, 3.05) is 0 Å². The van der Waals surface area contributed by atoms with Gasteiger partial charge in [0.25, 0.3) is 0 Å². The summed E-state index contributed by atoms with van der Waals surface area (Å²) < 4.78 is 2.59. The summed E-state index contributed by atoms with van der Waals surface area (Å²) in [6.45, 7) is 1.93. The molecule has 21 heavy (non-hydrogen) atoms. The summed E-state index contributed by atoms with van der Waals surface area (Å²) in [6, 6.07) is 3.75. The van der Waals surface area contributed by atoms with Gasteiger partial charge in [0, 0.05) is 20.8 Å². The monoisotopic (exact) mass is 368 g/mol. The molecule has 0 atom stereocenters. The van der Waals surface area contributed by atoms with Crippen molar-refractivity contribution in [3.8, 4) is 5.69 Å². The van der Waals surface area contributed by atoms with E-state index in [1.165, 1.54) is 0 Å². The second-order valence-corrected chi connectivity index (χ2v) is 6.51. The second-order valence-electron chi connectivity index (χ2n) is 5.25. The average molecular weight is 370 g/mol. The van der Waals surface area contributed by atoms with Gasteiger partial charge in [0.1, 0.15) is 0 Å². The summed E-state index contributed by atoms with van der Waals surface area (Å²) in [5.74, 6) is -0.971. The van der Waals surface area contributed by atoms with Crippen molar-refractivity contribution in [1.29, 1.82) is 0 Å². The van der Waals surface area contributed by atoms with Gasteiger partial charge < -0.3 is 5.11 Å². The van der Waals surface area contributed by atoms with Crippen molar-refractivity contribution < 1.29 is 9.90 Å². The lowest BCUT2D eigenvalue weighted by Gasteiger charge is -2.15. The van der Waals surface area contributed by atoms with Crippen LogP contribution in [0.1, 0.15) is 40.2 Å². The number of aromatic carboxylic acids is 1. The lowest BCUT2D eigenvalue weighted by molar-refractivity contribution is 0.0688. The fraction of sp³-hybridized carbons (Fsp3) is 0.333. The van der Waals surface area contributed by atoms with E-state index < -0.39 is 5.97 Å². The first-order valence-electron chi connectivity index (χ1n) is 6.79. The minimum atomic E-state index is -0.971. The Morgan fingerprint density at radius 2 is 2.10 bits per heavy atom. The van der Waals surface area contributed by atoms with Gasteiger partial charge in [0.05, 0.1) is 5.69 Å². The molecule has 0 bridgehead atoms. The number of carboxylic acid groups (broad SMARTS) is 1. The summed E-state index contributed by atoms with van der Waals surface area (Å²) in [7, 11) is 0. The Labute approximate surface area is 135 Å². The predicted molar refractivity (Wildman–Crippen MR) is 84.6 cm³/mol. The number of fused-ring (bicyclic) bond motifs is 1. The quantitative estimate of drug-likeness (QED) is 0.864. The Morgan fingerprint density at radius 1 is 1.38 bits per heavy atom. The Hall–Kier alpha value is -1.33. The maximum absolute atomic E-state index is 11.4. The minimum Gasteiger partial charge on any atom is -0.476 e. The van der Waals surface area contributed by atoms with Crippen LogP contribution in [0.4, 0.5) is 0 Å². The molecule has 110 valence electrons. The molecule has 0 saturated carbocycles. The highest BCUT2D eigenvalue weighted by atomic mass is 79.9. The Balaban J connectivity index is 2.24. The zero-order valence-corrected chi connectivity index (χ0v) is 13.8. The molecule has 0 aliphatic heterocycles. The largest absolute Gasteiger partial charge is 0.476 e. The van der Waals surface area contributed by atoms with Gasteiger partial charge in [-0.1, -0.05) is 11.6 Å². The van der Waals surface area contributed by atoms with Gasteiger partial charge in [-0.25, -0.2) is 9.48 Å². The van der Waals surface area contributed by atoms with E-state index in [4.69, 9.17) is 11.6 Å². The first kappa shape index (κ1) is 14.6. The lowest BCUT2D eigenvalue weighted by Crippen LogP contribution is -2.08. The van der Waals surface area contributed by atoms with Crippen molar-refractivity contribution in [3.05, 3.63) is 44.1 Å². The molecule has 1 aromatic heterocycles. The standard InChI is InChI=1S/C15H14BrClN2O2/c1-8-6-10(16)13(7-11(8)17)19-12-5-3-2-4-9(12)14(18-19)15(20)21/h6-7H,2-5H2,1H3,(H,20,21). The molecule has 1 aliphatic carbocycles. The number of halogens is 2. The summed E-state index contributed by atoms with van der Waals surface area (Å²) in [4.78, 5) is 11.4. The van der Waals surface area contributed by atoms with Crippen LogP contribution in [0.2, 0.25) is 5.02 Å². The molecule has 1 aromatic carbocycles. The van der Waals surface area contributed by atoms with Crippen LogP contribution in [0.3, 0.4) is 0 Å². The van der Waals surface area contributed by atoms with Gasteiger partial charge in [0.2, 0.25) is 0 Å². The van der Waals surface area contributed by atoms with Gasteiger partial charge in [0.15, 0.2) is 5.69 Å². The smallest absolute Gasteiger partial charge is 0.356 e. The van der Waals surface area contributed by atoms with Crippen molar-refractivity contribution in [3.63, 3.8) is 0 Å². The zero-order chi connectivity index (χ0) is 15.1. The fourth-order valence-electron chi connectivity index (χ4n) is 2.77. The van der Waals surface area contributed by atoms with E-state index in [1.807, 2.05) is 19.1 Å². The SMILES string of the molecule is Cc1cc(Br)c(-n2nc(C(=O)O)c3c2CCCC3)cc1Cl.